The first-order chi connectivity index (χ1) is 10.6. The Morgan fingerprint density at radius 1 is 1.27 bits per heavy atom. The Kier molecular flexibility index (Phi) is 3.72. The Morgan fingerprint density at radius 3 is 2.73 bits per heavy atom. The van der Waals surface area contributed by atoms with Crippen LogP contribution in [0, 0.1) is 11.6 Å². The molecule has 112 valence electrons. The van der Waals surface area contributed by atoms with Gasteiger partial charge in [0.25, 0.3) is 0 Å². The van der Waals surface area contributed by atoms with Crippen LogP contribution in [0.1, 0.15) is 10.5 Å². The summed E-state index contributed by atoms with van der Waals surface area (Å²) in [5, 5.41) is 6.11. The zero-order valence-electron chi connectivity index (χ0n) is 11.4. The van der Waals surface area contributed by atoms with E-state index in [2.05, 4.69) is 5.10 Å². The lowest BCUT2D eigenvalue weighted by Crippen LogP contribution is -2.11. The molecule has 0 atom stereocenters. The number of thiophene rings is 1. The van der Waals surface area contributed by atoms with Gasteiger partial charge in [0.1, 0.15) is 17.2 Å². The Balaban J connectivity index is 2.18. The first-order valence-corrected chi connectivity index (χ1v) is 7.16. The number of nitrogens with zero attached hydrogens (tertiary/aromatic N) is 2. The predicted octanol–water partition coefficient (Wildman–Crippen LogP) is 3.67. The van der Waals surface area contributed by atoms with Crippen LogP contribution in [0.4, 0.5) is 8.78 Å². The van der Waals surface area contributed by atoms with Crippen LogP contribution in [0.3, 0.4) is 0 Å². The second-order valence-corrected chi connectivity index (χ2v) is 5.34. The zero-order chi connectivity index (χ0) is 15.7. The second-order valence-electron chi connectivity index (χ2n) is 4.39. The fourth-order valence-corrected chi connectivity index (χ4v) is 2.69. The van der Waals surface area contributed by atoms with Crippen molar-refractivity contribution in [3.63, 3.8) is 0 Å². The van der Waals surface area contributed by atoms with E-state index in [0.29, 0.717) is 5.69 Å². The average molecular weight is 320 g/mol. The highest BCUT2D eigenvalue weighted by atomic mass is 32.1. The lowest BCUT2D eigenvalue weighted by molar-refractivity contribution is 0.0590. The number of benzene rings is 1. The van der Waals surface area contributed by atoms with Crippen LogP contribution >= 0.6 is 11.3 Å². The molecule has 2 heterocycles. The van der Waals surface area contributed by atoms with Crippen molar-refractivity contribution in [2.75, 3.05) is 7.11 Å². The number of hydrogen-bond donors (Lipinski definition) is 0. The maximum Gasteiger partial charge on any atom is 0.356 e. The highest BCUT2D eigenvalue weighted by Crippen LogP contribution is 2.27. The van der Waals surface area contributed by atoms with Crippen molar-refractivity contribution in [1.29, 1.82) is 0 Å². The normalized spacial score (nSPS) is 10.7. The van der Waals surface area contributed by atoms with Crippen LogP contribution in [0.2, 0.25) is 0 Å². The van der Waals surface area contributed by atoms with Gasteiger partial charge < -0.3 is 4.74 Å². The molecule has 0 aliphatic heterocycles. The molecule has 1 aromatic carbocycles. The van der Waals surface area contributed by atoms with Crippen LogP contribution < -0.4 is 0 Å². The standard InChI is InChI=1S/C15H10F2N2O2S/c1-21-15(20)13-8-11(14-3-2-6-22-14)18-19(13)12-5-4-9(16)7-10(12)17/h2-8H,1H3. The van der Waals surface area contributed by atoms with E-state index < -0.39 is 17.6 Å². The summed E-state index contributed by atoms with van der Waals surface area (Å²) in [6.07, 6.45) is 0. The summed E-state index contributed by atoms with van der Waals surface area (Å²) in [5.74, 6) is -2.17. The molecule has 7 heteroatoms. The average Bonchev–Trinajstić information content (AvgIpc) is 3.15. The fourth-order valence-electron chi connectivity index (χ4n) is 2.01. The Hall–Kier alpha value is -2.54. The Morgan fingerprint density at radius 2 is 2.09 bits per heavy atom. The molecule has 0 radical (unpaired) electrons. The lowest BCUT2D eigenvalue weighted by atomic mass is 10.2. The monoisotopic (exact) mass is 320 g/mol. The largest absolute Gasteiger partial charge is 0.464 e. The summed E-state index contributed by atoms with van der Waals surface area (Å²) in [6.45, 7) is 0. The molecule has 0 unspecified atom stereocenters. The van der Waals surface area contributed by atoms with E-state index in [4.69, 9.17) is 4.74 Å². The van der Waals surface area contributed by atoms with Crippen molar-refractivity contribution in [3.8, 4) is 16.3 Å². The number of carbonyl (C=O) groups excluding carboxylic acids is 1. The number of aromatic nitrogens is 2. The van der Waals surface area contributed by atoms with Crippen LogP contribution in [0.5, 0.6) is 0 Å². The van der Waals surface area contributed by atoms with Gasteiger partial charge in [-0.2, -0.15) is 5.10 Å². The van der Waals surface area contributed by atoms with Gasteiger partial charge in [-0.05, 0) is 23.6 Å². The second kappa shape index (κ2) is 5.69. The predicted molar refractivity (Wildman–Crippen MR) is 78.1 cm³/mol. The minimum absolute atomic E-state index is 0.0235. The molecule has 22 heavy (non-hydrogen) atoms. The van der Waals surface area contributed by atoms with E-state index in [9.17, 15) is 13.6 Å². The summed E-state index contributed by atoms with van der Waals surface area (Å²) in [5.41, 5.74) is 0.556. The molecule has 0 fully saturated rings. The minimum atomic E-state index is -0.814. The maximum atomic E-state index is 14.0. The van der Waals surface area contributed by atoms with Crippen molar-refractivity contribution in [3.05, 3.63) is 59.1 Å². The van der Waals surface area contributed by atoms with Gasteiger partial charge in [-0.25, -0.2) is 18.3 Å². The molecule has 0 spiro atoms. The van der Waals surface area contributed by atoms with E-state index in [1.165, 1.54) is 30.6 Å². The number of rotatable bonds is 3. The maximum absolute atomic E-state index is 14.0. The first-order valence-electron chi connectivity index (χ1n) is 6.28. The summed E-state index contributed by atoms with van der Waals surface area (Å²) in [7, 11) is 1.23. The molecule has 0 saturated heterocycles. The molecule has 2 aromatic heterocycles. The Labute approximate surface area is 128 Å². The summed E-state index contributed by atoms with van der Waals surface area (Å²) in [4.78, 5) is 12.7. The van der Waals surface area contributed by atoms with E-state index >= 15 is 0 Å². The molecular weight excluding hydrogens is 310 g/mol. The van der Waals surface area contributed by atoms with Gasteiger partial charge in [0.2, 0.25) is 0 Å². The number of ether oxygens (including phenoxy) is 1. The van der Waals surface area contributed by atoms with Gasteiger partial charge in [0.05, 0.1) is 12.0 Å². The van der Waals surface area contributed by atoms with Crippen molar-refractivity contribution < 1.29 is 18.3 Å². The van der Waals surface area contributed by atoms with Crippen molar-refractivity contribution in [2.24, 2.45) is 0 Å². The zero-order valence-corrected chi connectivity index (χ0v) is 12.2. The highest BCUT2D eigenvalue weighted by Gasteiger charge is 2.20. The van der Waals surface area contributed by atoms with E-state index in [1.807, 2.05) is 17.5 Å². The first kappa shape index (κ1) is 14.4. The van der Waals surface area contributed by atoms with E-state index in [1.54, 1.807) is 0 Å². The van der Waals surface area contributed by atoms with Gasteiger partial charge in [0.15, 0.2) is 11.5 Å². The Bertz CT molecular complexity index is 828. The SMILES string of the molecule is COC(=O)c1cc(-c2cccs2)nn1-c1ccc(F)cc1F. The van der Waals surface area contributed by atoms with Crippen LogP contribution in [-0.2, 0) is 4.74 Å². The van der Waals surface area contributed by atoms with Crippen molar-refractivity contribution >= 4 is 17.3 Å². The third-order valence-electron chi connectivity index (χ3n) is 3.02. The number of esters is 1. The van der Waals surface area contributed by atoms with Gasteiger partial charge in [0, 0.05) is 12.1 Å². The molecule has 0 aliphatic rings. The van der Waals surface area contributed by atoms with Gasteiger partial charge in [-0.15, -0.1) is 11.3 Å². The van der Waals surface area contributed by atoms with Crippen LogP contribution in [0.25, 0.3) is 16.3 Å². The summed E-state index contributed by atoms with van der Waals surface area (Å²) >= 11 is 1.44. The van der Waals surface area contributed by atoms with Gasteiger partial charge >= 0.3 is 5.97 Å². The topological polar surface area (TPSA) is 44.1 Å². The van der Waals surface area contributed by atoms with E-state index in [-0.39, 0.29) is 11.4 Å². The fraction of sp³-hybridized carbons (Fsp3) is 0.0667. The van der Waals surface area contributed by atoms with Crippen molar-refractivity contribution in [2.45, 2.75) is 0 Å². The van der Waals surface area contributed by atoms with Gasteiger partial charge in [-0.1, -0.05) is 6.07 Å². The highest BCUT2D eigenvalue weighted by molar-refractivity contribution is 7.13. The quantitative estimate of drug-likeness (QED) is 0.692. The van der Waals surface area contributed by atoms with Gasteiger partial charge in [-0.3, -0.25) is 0 Å². The third-order valence-corrected chi connectivity index (χ3v) is 3.91. The third kappa shape index (κ3) is 2.50. The van der Waals surface area contributed by atoms with Crippen molar-refractivity contribution in [1.82, 2.24) is 9.78 Å². The number of halogens is 2. The summed E-state index contributed by atoms with van der Waals surface area (Å²) < 4.78 is 32.9. The summed E-state index contributed by atoms with van der Waals surface area (Å²) in [6, 6.07) is 8.26. The molecular formula is C15H10F2N2O2S. The molecule has 3 rings (SSSR count). The minimum Gasteiger partial charge on any atom is -0.464 e. The van der Waals surface area contributed by atoms with Crippen LogP contribution in [-0.4, -0.2) is 22.9 Å². The molecule has 0 N–H and O–H groups in total. The molecule has 0 aliphatic carbocycles. The molecule has 4 nitrogen and oxygen atoms in total. The molecule has 3 aromatic rings. The number of methoxy groups -OCH3 is 1. The number of carbonyl (C=O) groups is 1. The molecule has 0 bridgehead atoms. The molecule has 0 amide bonds. The number of hydrogen-bond acceptors (Lipinski definition) is 4. The smallest absolute Gasteiger partial charge is 0.356 e. The lowest BCUT2D eigenvalue weighted by Gasteiger charge is -2.06. The van der Waals surface area contributed by atoms with Crippen LogP contribution in [0.15, 0.2) is 41.8 Å². The molecule has 0 saturated carbocycles. The van der Waals surface area contributed by atoms with E-state index in [0.717, 1.165) is 21.7 Å².